The largest absolute Gasteiger partial charge is 0.433 e. The van der Waals surface area contributed by atoms with E-state index in [9.17, 15) is 31.5 Å². The van der Waals surface area contributed by atoms with E-state index >= 15 is 0 Å². The SMILES string of the molecule is CC(C)C(=O)NCc1ccc(C(F)(F)F)c(-c2nc(-c3ccc(OC(F)F)cn3)cc(=O)[nH]2)c1. The summed E-state index contributed by atoms with van der Waals surface area (Å²) in [4.78, 5) is 34.3. The molecule has 0 aliphatic rings. The monoisotopic (exact) mass is 482 g/mol. The number of aromatic amines is 1. The van der Waals surface area contributed by atoms with Gasteiger partial charge in [0.05, 0.1) is 23.1 Å². The average molecular weight is 482 g/mol. The first kappa shape index (κ1) is 24.8. The maximum atomic E-state index is 13.7. The fourth-order valence-corrected chi connectivity index (χ4v) is 2.96. The van der Waals surface area contributed by atoms with Gasteiger partial charge in [-0.05, 0) is 29.8 Å². The van der Waals surface area contributed by atoms with E-state index < -0.39 is 29.5 Å². The van der Waals surface area contributed by atoms with Crippen LogP contribution in [0.15, 0.2) is 47.4 Å². The lowest BCUT2D eigenvalue weighted by atomic mass is 10.0. The van der Waals surface area contributed by atoms with Gasteiger partial charge in [0, 0.05) is 24.1 Å². The highest BCUT2D eigenvalue weighted by molar-refractivity contribution is 5.77. The molecule has 3 rings (SSSR count). The number of carbonyl (C=O) groups excluding carboxylic acids is 1. The topological polar surface area (TPSA) is 97.0 Å². The summed E-state index contributed by atoms with van der Waals surface area (Å²) in [7, 11) is 0. The molecule has 0 saturated heterocycles. The van der Waals surface area contributed by atoms with E-state index in [-0.39, 0.29) is 41.3 Å². The van der Waals surface area contributed by atoms with Crippen LogP contribution in [-0.2, 0) is 17.5 Å². The van der Waals surface area contributed by atoms with Gasteiger partial charge in [-0.2, -0.15) is 22.0 Å². The standard InChI is InChI=1S/C22H19F5N4O3/c1-11(2)20(33)29-9-12-3-5-15(22(25,26)27)14(7-12)19-30-17(8-18(32)31-19)16-6-4-13(10-28-16)34-21(23)24/h3-8,10-11,21H,9H2,1-2H3,(H,29,33)(H,30,31,32). The van der Waals surface area contributed by atoms with E-state index in [2.05, 4.69) is 25.0 Å². The Morgan fingerprint density at radius 2 is 1.85 bits per heavy atom. The Labute approximate surface area is 190 Å². The van der Waals surface area contributed by atoms with Crippen LogP contribution in [0.4, 0.5) is 22.0 Å². The van der Waals surface area contributed by atoms with Gasteiger partial charge in [-0.3, -0.25) is 14.6 Å². The smallest absolute Gasteiger partial charge is 0.417 e. The van der Waals surface area contributed by atoms with E-state index in [4.69, 9.17) is 0 Å². The van der Waals surface area contributed by atoms with Crippen molar-refractivity contribution in [3.8, 4) is 28.5 Å². The third-order valence-electron chi connectivity index (χ3n) is 4.60. The van der Waals surface area contributed by atoms with Crippen LogP contribution in [0.5, 0.6) is 5.75 Å². The van der Waals surface area contributed by atoms with E-state index in [0.29, 0.717) is 5.56 Å². The number of amides is 1. The van der Waals surface area contributed by atoms with Gasteiger partial charge in [-0.15, -0.1) is 0 Å². The molecule has 0 bridgehead atoms. The Balaban J connectivity index is 2.03. The quantitative estimate of drug-likeness (QED) is 0.487. The molecule has 0 unspecified atom stereocenters. The molecule has 0 saturated carbocycles. The van der Waals surface area contributed by atoms with Crippen LogP contribution in [0.25, 0.3) is 22.8 Å². The molecule has 34 heavy (non-hydrogen) atoms. The zero-order valence-corrected chi connectivity index (χ0v) is 17.9. The molecular formula is C22H19F5N4O3. The van der Waals surface area contributed by atoms with Crippen molar-refractivity contribution >= 4 is 5.91 Å². The molecule has 0 aliphatic heterocycles. The number of ether oxygens (including phenoxy) is 1. The second kappa shape index (κ2) is 9.98. The molecular weight excluding hydrogens is 463 g/mol. The molecule has 0 radical (unpaired) electrons. The number of hydrogen-bond acceptors (Lipinski definition) is 5. The van der Waals surface area contributed by atoms with Crippen LogP contribution < -0.4 is 15.6 Å². The van der Waals surface area contributed by atoms with Gasteiger partial charge in [0.25, 0.3) is 5.56 Å². The fraction of sp³-hybridized carbons (Fsp3) is 0.273. The third-order valence-corrected chi connectivity index (χ3v) is 4.60. The number of hydrogen-bond donors (Lipinski definition) is 2. The Kier molecular flexibility index (Phi) is 7.28. The molecule has 0 fully saturated rings. The Morgan fingerprint density at radius 1 is 1.12 bits per heavy atom. The maximum Gasteiger partial charge on any atom is 0.417 e. The average Bonchev–Trinajstić information content (AvgIpc) is 2.76. The number of nitrogens with one attached hydrogen (secondary N) is 2. The van der Waals surface area contributed by atoms with Crippen LogP contribution in [0.1, 0.15) is 25.0 Å². The number of aromatic nitrogens is 3. The number of rotatable bonds is 7. The zero-order valence-electron chi connectivity index (χ0n) is 17.9. The third kappa shape index (κ3) is 6.15. The predicted molar refractivity (Wildman–Crippen MR) is 112 cm³/mol. The number of benzene rings is 1. The van der Waals surface area contributed by atoms with Gasteiger partial charge >= 0.3 is 12.8 Å². The summed E-state index contributed by atoms with van der Waals surface area (Å²) < 4.78 is 69.9. The summed E-state index contributed by atoms with van der Waals surface area (Å²) in [6.45, 7) is 0.261. The second-order valence-electron chi connectivity index (χ2n) is 7.49. The van der Waals surface area contributed by atoms with Crippen LogP contribution in [-0.4, -0.2) is 27.5 Å². The van der Waals surface area contributed by atoms with E-state index in [1.54, 1.807) is 13.8 Å². The molecule has 2 heterocycles. The minimum atomic E-state index is -4.75. The molecule has 1 amide bonds. The molecule has 0 spiro atoms. The van der Waals surface area contributed by atoms with E-state index in [1.807, 2.05) is 0 Å². The molecule has 12 heteroatoms. The summed E-state index contributed by atoms with van der Waals surface area (Å²) in [5.74, 6) is -1.20. The minimum Gasteiger partial charge on any atom is -0.433 e. The lowest BCUT2D eigenvalue weighted by Crippen LogP contribution is -2.27. The van der Waals surface area contributed by atoms with E-state index in [0.717, 1.165) is 24.4 Å². The molecule has 1 aromatic carbocycles. The van der Waals surface area contributed by atoms with Crippen molar-refractivity contribution in [3.63, 3.8) is 0 Å². The van der Waals surface area contributed by atoms with Gasteiger partial charge in [0.1, 0.15) is 11.6 Å². The summed E-state index contributed by atoms with van der Waals surface area (Å²) >= 11 is 0. The molecule has 180 valence electrons. The fourth-order valence-electron chi connectivity index (χ4n) is 2.96. The molecule has 0 atom stereocenters. The first-order chi connectivity index (χ1) is 15.9. The molecule has 2 N–H and O–H groups in total. The number of halogens is 5. The lowest BCUT2D eigenvalue weighted by Gasteiger charge is -2.15. The van der Waals surface area contributed by atoms with Crippen molar-refractivity contribution in [2.75, 3.05) is 0 Å². The highest BCUT2D eigenvalue weighted by Crippen LogP contribution is 2.36. The lowest BCUT2D eigenvalue weighted by molar-refractivity contribution is -0.137. The van der Waals surface area contributed by atoms with Crippen molar-refractivity contribution in [3.05, 3.63) is 64.1 Å². The summed E-state index contributed by atoms with van der Waals surface area (Å²) in [5, 5.41) is 2.61. The maximum absolute atomic E-state index is 13.7. The summed E-state index contributed by atoms with van der Waals surface area (Å²) in [6.07, 6.45) is -3.78. The van der Waals surface area contributed by atoms with Crippen LogP contribution in [0.2, 0.25) is 0 Å². The van der Waals surface area contributed by atoms with Crippen LogP contribution >= 0.6 is 0 Å². The van der Waals surface area contributed by atoms with Gasteiger partial charge in [0.2, 0.25) is 5.91 Å². The van der Waals surface area contributed by atoms with Crippen molar-refractivity contribution in [2.24, 2.45) is 5.92 Å². The normalized spacial score (nSPS) is 11.7. The van der Waals surface area contributed by atoms with Gasteiger partial charge < -0.3 is 15.0 Å². The first-order valence-electron chi connectivity index (χ1n) is 9.95. The number of H-pyrrole nitrogens is 1. The highest BCUT2D eigenvalue weighted by atomic mass is 19.4. The number of carbonyl (C=O) groups is 1. The molecule has 0 aliphatic carbocycles. The van der Waals surface area contributed by atoms with Crippen molar-refractivity contribution in [2.45, 2.75) is 33.2 Å². The second-order valence-corrected chi connectivity index (χ2v) is 7.49. The van der Waals surface area contributed by atoms with Crippen LogP contribution in [0, 0.1) is 5.92 Å². The Hall–Kier alpha value is -3.83. The van der Waals surface area contributed by atoms with E-state index in [1.165, 1.54) is 18.2 Å². The van der Waals surface area contributed by atoms with Crippen molar-refractivity contribution in [1.29, 1.82) is 0 Å². The Morgan fingerprint density at radius 3 is 2.44 bits per heavy atom. The van der Waals surface area contributed by atoms with Crippen molar-refractivity contribution in [1.82, 2.24) is 20.3 Å². The summed E-state index contributed by atoms with van der Waals surface area (Å²) in [6, 6.07) is 6.66. The molecule has 2 aromatic heterocycles. The molecule has 7 nitrogen and oxygen atoms in total. The highest BCUT2D eigenvalue weighted by Gasteiger charge is 2.34. The Bertz CT molecular complexity index is 1220. The predicted octanol–water partition coefficient (Wildman–Crippen LogP) is 4.39. The number of nitrogens with zero attached hydrogens (tertiary/aromatic N) is 2. The van der Waals surface area contributed by atoms with Gasteiger partial charge in [-0.1, -0.05) is 19.9 Å². The molecule has 3 aromatic rings. The first-order valence-corrected chi connectivity index (χ1v) is 9.95. The zero-order chi connectivity index (χ0) is 25.0. The minimum absolute atomic E-state index is 0.0285. The van der Waals surface area contributed by atoms with Crippen LogP contribution in [0.3, 0.4) is 0 Å². The number of alkyl halides is 5. The van der Waals surface area contributed by atoms with Gasteiger partial charge in [0.15, 0.2) is 0 Å². The summed E-state index contributed by atoms with van der Waals surface area (Å²) in [5.41, 5.74) is -1.85. The number of pyridine rings is 1. The van der Waals surface area contributed by atoms with Crippen molar-refractivity contribution < 1.29 is 31.5 Å². The van der Waals surface area contributed by atoms with Gasteiger partial charge in [-0.25, -0.2) is 4.98 Å².